The predicted octanol–water partition coefficient (Wildman–Crippen LogP) is 1.26. The minimum atomic E-state index is -0.459. The highest BCUT2D eigenvalue weighted by Crippen LogP contribution is 2.29. The molecule has 1 saturated heterocycles. The van der Waals surface area contributed by atoms with Crippen LogP contribution in [-0.2, 0) is 16.0 Å². The molecule has 3 N–H and O–H groups in total. The van der Waals surface area contributed by atoms with Gasteiger partial charge in [-0.2, -0.15) is 0 Å². The molecule has 2 amide bonds. The zero-order valence-electron chi connectivity index (χ0n) is 11.0. The van der Waals surface area contributed by atoms with Crippen LogP contribution < -0.4 is 16.0 Å². The first kappa shape index (κ1) is 13.1. The lowest BCUT2D eigenvalue weighted by Gasteiger charge is -2.19. The highest BCUT2D eigenvalue weighted by Gasteiger charge is 2.24. The van der Waals surface area contributed by atoms with Crippen LogP contribution in [-0.4, -0.2) is 24.9 Å². The molecule has 0 saturated carbocycles. The van der Waals surface area contributed by atoms with E-state index in [-0.39, 0.29) is 23.4 Å². The molecule has 0 aromatic heterocycles. The summed E-state index contributed by atoms with van der Waals surface area (Å²) < 4.78 is 14.0. The summed E-state index contributed by atoms with van der Waals surface area (Å²) in [5, 5.41) is 8.41. The summed E-state index contributed by atoms with van der Waals surface area (Å²) in [4.78, 5) is 23.3. The summed E-state index contributed by atoms with van der Waals surface area (Å²) in [5.41, 5.74) is 1.48. The summed E-state index contributed by atoms with van der Waals surface area (Å²) in [5.74, 6) is -0.850. The van der Waals surface area contributed by atoms with E-state index in [0.29, 0.717) is 25.1 Å². The van der Waals surface area contributed by atoms with Crippen molar-refractivity contribution in [3.05, 3.63) is 23.5 Å². The van der Waals surface area contributed by atoms with Gasteiger partial charge in [0.2, 0.25) is 11.8 Å². The van der Waals surface area contributed by atoms with Crippen LogP contribution in [0, 0.1) is 11.7 Å². The SMILES string of the molecule is O=C1CCc2cc(F)c(NC(=O)C3CCNC3)cc2N1. The molecule has 0 radical (unpaired) electrons. The van der Waals surface area contributed by atoms with Crippen molar-refractivity contribution >= 4 is 23.2 Å². The molecule has 1 aromatic rings. The van der Waals surface area contributed by atoms with Crippen LogP contribution in [0.1, 0.15) is 18.4 Å². The molecule has 1 aromatic carbocycles. The van der Waals surface area contributed by atoms with E-state index in [0.717, 1.165) is 18.5 Å². The zero-order chi connectivity index (χ0) is 14.1. The molecule has 106 valence electrons. The van der Waals surface area contributed by atoms with Crippen molar-refractivity contribution in [2.45, 2.75) is 19.3 Å². The van der Waals surface area contributed by atoms with E-state index in [1.165, 1.54) is 12.1 Å². The third kappa shape index (κ3) is 2.51. The smallest absolute Gasteiger partial charge is 0.228 e. The summed E-state index contributed by atoms with van der Waals surface area (Å²) in [6, 6.07) is 2.89. The highest BCUT2D eigenvalue weighted by atomic mass is 19.1. The van der Waals surface area contributed by atoms with E-state index in [1.54, 1.807) is 0 Å². The van der Waals surface area contributed by atoms with Crippen LogP contribution in [0.2, 0.25) is 0 Å². The Morgan fingerprint density at radius 2 is 2.20 bits per heavy atom. The number of hydrogen-bond donors (Lipinski definition) is 3. The molecule has 5 nitrogen and oxygen atoms in total. The predicted molar refractivity (Wildman–Crippen MR) is 73.0 cm³/mol. The molecule has 1 fully saturated rings. The van der Waals surface area contributed by atoms with Crippen LogP contribution in [0.25, 0.3) is 0 Å². The van der Waals surface area contributed by atoms with E-state index >= 15 is 0 Å². The Morgan fingerprint density at radius 1 is 1.35 bits per heavy atom. The Balaban J connectivity index is 1.80. The number of fused-ring (bicyclic) bond motifs is 1. The van der Waals surface area contributed by atoms with E-state index in [1.807, 2.05) is 0 Å². The van der Waals surface area contributed by atoms with E-state index in [4.69, 9.17) is 0 Å². The van der Waals surface area contributed by atoms with Gasteiger partial charge in [0.05, 0.1) is 11.6 Å². The van der Waals surface area contributed by atoms with Crippen molar-refractivity contribution in [3.8, 4) is 0 Å². The van der Waals surface area contributed by atoms with Gasteiger partial charge in [-0.15, -0.1) is 0 Å². The fourth-order valence-corrected chi connectivity index (χ4v) is 2.61. The number of amides is 2. The molecule has 2 aliphatic rings. The topological polar surface area (TPSA) is 70.2 Å². The lowest BCUT2D eigenvalue weighted by molar-refractivity contribution is -0.119. The molecule has 3 rings (SSSR count). The molecule has 0 aliphatic carbocycles. The zero-order valence-corrected chi connectivity index (χ0v) is 11.0. The minimum Gasteiger partial charge on any atom is -0.326 e. The van der Waals surface area contributed by atoms with Gasteiger partial charge in [-0.3, -0.25) is 9.59 Å². The minimum absolute atomic E-state index is 0.0821. The van der Waals surface area contributed by atoms with Gasteiger partial charge in [0.15, 0.2) is 0 Å². The van der Waals surface area contributed by atoms with Crippen LogP contribution >= 0.6 is 0 Å². The van der Waals surface area contributed by atoms with Gasteiger partial charge in [0, 0.05) is 18.7 Å². The maximum absolute atomic E-state index is 14.0. The summed E-state index contributed by atoms with van der Waals surface area (Å²) in [7, 11) is 0. The van der Waals surface area contributed by atoms with E-state index < -0.39 is 5.82 Å². The number of anilines is 2. The van der Waals surface area contributed by atoms with E-state index in [9.17, 15) is 14.0 Å². The van der Waals surface area contributed by atoms with Crippen molar-refractivity contribution in [2.75, 3.05) is 23.7 Å². The molecule has 6 heteroatoms. The molecule has 20 heavy (non-hydrogen) atoms. The second kappa shape index (κ2) is 5.20. The Morgan fingerprint density at radius 3 is 2.95 bits per heavy atom. The van der Waals surface area contributed by atoms with Crippen molar-refractivity contribution in [1.82, 2.24) is 5.32 Å². The molecule has 1 unspecified atom stereocenters. The summed E-state index contributed by atoms with van der Waals surface area (Å²) in [6.45, 7) is 1.43. The monoisotopic (exact) mass is 277 g/mol. The number of carbonyl (C=O) groups excluding carboxylic acids is 2. The quantitative estimate of drug-likeness (QED) is 0.762. The van der Waals surface area contributed by atoms with E-state index in [2.05, 4.69) is 16.0 Å². The second-order valence-electron chi connectivity index (χ2n) is 5.22. The number of halogens is 1. The third-order valence-electron chi connectivity index (χ3n) is 3.78. The first-order valence-electron chi connectivity index (χ1n) is 6.77. The first-order valence-corrected chi connectivity index (χ1v) is 6.77. The second-order valence-corrected chi connectivity index (χ2v) is 5.22. The van der Waals surface area contributed by atoms with Gasteiger partial charge in [-0.05, 0) is 37.1 Å². The van der Waals surface area contributed by atoms with Crippen LogP contribution in [0.3, 0.4) is 0 Å². The van der Waals surface area contributed by atoms with Gasteiger partial charge in [0.25, 0.3) is 0 Å². The Hall–Kier alpha value is -1.95. The normalized spacial score (nSPS) is 21.2. The lowest BCUT2D eigenvalue weighted by Crippen LogP contribution is -2.25. The molecular formula is C14H16FN3O2. The van der Waals surface area contributed by atoms with Gasteiger partial charge in [-0.25, -0.2) is 4.39 Å². The lowest BCUT2D eigenvalue weighted by atomic mass is 10.0. The number of carbonyl (C=O) groups is 2. The van der Waals surface area contributed by atoms with Crippen molar-refractivity contribution < 1.29 is 14.0 Å². The molecular weight excluding hydrogens is 261 g/mol. The number of nitrogens with one attached hydrogen (secondary N) is 3. The Bertz CT molecular complexity index is 568. The Kier molecular flexibility index (Phi) is 3.40. The molecule has 2 aliphatic heterocycles. The Labute approximate surface area is 115 Å². The van der Waals surface area contributed by atoms with Crippen LogP contribution in [0.4, 0.5) is 15.8 Å². The summed E-state index contributed by atoms with van der Waals surface area (Å²) >= 11 is 0. The average molecular weight is 277 g/mol. The molecule has 1 atom stereocenters. The van der Waals surface area contributed by atoms with Gasteiger partial charge < -0.3 is 16.0 Å². The number of benzene rings is 1. The number of aryl methyl sites for hydroxylation is 1. The highest BCUT2D eigenvalue weighted by molar-refractivity contribution is 5.97. The van der Waals surface area contributed by atoms with Gasteiger partial charge >= 0.3 is 0 Å². The molecule has 2 heterocycles. The molecule has 0 spiro atoms. The van der Waals surface area contributed by atoms with Crippen molar-refractivity contribution in [3.63, 3.8) is 0 Å². The fraction of sp³-hybridized carbons (Fsp3) is 0.429. The van der Waals surface area contributed by atoms with Crippen LogP contribution in [0.15, 0.2) is 12.1 Å². The first-order chi connectivity index (χ1) is 9.63. The standard InChI is InChI=1S/C14H16FN3O2/c15-10-5-8-1-2-13(19)17-11(8)6-12(10)18-14(20)9-3-4-16-7-9/h5-6,9,16H,1-4,7H2,(H,17,19)(H,18,20). The number of rotatable bonds is 2. The molecule has 0 bridgehead atoms. The largest absolute Gasteiger partial charge is 0.326 e. The van der Waals surface area contributed by atoms with Crippen LogP contribution in [0.5, 0.6) is 0 Å². The number of hydrogen-bond acceptors (Lipinski definition) is 3. The maximum atomic E-state index is 14.0. The fourth-order valence-electron chi connectivity index (χ4n) is 2.61. The third-order valence-corrected chi connectivity index (χ3v) is 3.78. The van der Waals surface area contributed by atoms with Crippen molar-refractivity contribution in [1.29, 1.82) is 0 Å². The summed E-state index contributed by atoms with van der Waals surface area (Å²) in [6.07, 6.45) is 1.65. The van der Waals surface area contributed by atoms with Gasteiger partial charge in [-0.1, -0.05) is 0 Å². The van der Waals surface area contributed by atoms with Gasteiger partial charge in [0.1, 0.15) is 5.82 Å². The van der Waals surface area contributed by atoms with Crippen molar-refractivity contribution in [2.24, 2.45) is 5.92 Å². The maximum Gasteiger partial charge on any atom is 0.228 e. The average Bonchev–Trinajstić information content (AvgIpc) is 2.94.